The van der Waals surface area contributed by atoms with Crippen LogP contribution in [0.3, 0.4) is 0 Å². The van der Waals surface area contributed by atoms with Gasteiger partial charge in [0.1, 0.15) is 6.04 Å². The van der Waals surface area contributed by atoms with Gasteiger partial charge in [0, 0.05) is 12.3 Å². The number of hydrogen-bond donors (Lipinski definition) is 1. The zero-order chi connectivity index (χ0) is 17.6. The third kappa shape index (κ3) is 4.71. The van der Waals surface area contributed by atoms with Crippen molar-refractivity contribution in [3.8, 4) is 6.07 Å². The van der Waals surface area contributed by atoms with Crippen LogP contribution in [0.1, 0.15) is 29.3 Å². The van der Waals surface area contributed by atoms with Crippen LogP contribution < -0.4 is 5.32 Å². The monoisotopic (exact) mass is 328 g/mol. The molecule has 1 amide bonds. The number of carbonyl (C=O) groups excluding carboxylic acids is 2. The fraction of sp³-hybridized carbons (Fsp3) is 0.400. The summed E-state index contributed by atoms with van der Waals surface area (Å²) >= 11 is 0. The number of methoxy groups -OCH3 is 1. The molecule has 124 valence electrons. The van der Waals surface area contributed by atoms with Gasteiger partial charge in [-0.2, -0.15) is 18.4 Å². The van der Waals surface area contributed by atoms with Crippen LogP contribution in [0.5, 0.6) is 0 Å². The molecule has 0 aliphatic rings. The van der Waals surface area contributed by atoms with Crippen LogP contribution in [0.15, 0.2) is 24.3 Å². The summed E-state index contributed by atoms with van der Waals surface area (Å²) in [4.78, 5) is 23.9. The summed E-state index contributed by atoms with van der Waals surface area (Å²) in [6.45, 7) is 1.51. The molecule has 1 aromatic carbocycles. The second-order valence-electron chi connectivity index (χ2n) is 4.86. The van der Waals surface area contributed by atoms with Crippen LogP contribution in [0.25, 0.3) is 0 Å². The number of carbonyl (C=O) groups is 2. The van der Waals surface area contributed by atoms with Gasteiger partial charge in [-0.3, -0.25) is 4.79 Å². The minimum absolute atomic E-state index is 0.0685. The van der Waals surface area contributed by atoms with E-state index in [1.807, 2.05) is 6.07 Å². The average Bonchev–Trinajstić information content (AvgIpc) is 2.51. The quantitative estimate of drug-likeness (QED) is 0.843. The average molecular weight is 328 g/mol. The highest BCUT2D eigenvalue weighted by atomic mass is 19.4. The van der Waals surface area contributed by atoms with Crippen molar-refractivity contribution in [2.75, 3.05) is 7.11 Å². The highest BCUT2D eigenvalue weighted by Gasteiger charge is 2.36. The van der Waals surface area contributed by atoms with Gasteiger partial charge >= 0.3 is 12.1 Å². The molecular weight excluding hydrogens is 313 g/mol. The molecule has 1 N–H and O–H groups in total. The van der Waals surface area contributed by atoms with E-state index >= 15 is 0 Å². The molecule has 0 saturated carbocycles. The van der Waals surface area contributed by atoms with Crippen molar-refractivity contribution in [3.05, 3.63) is 35.4 Å². The summed E-state index contributed by atoms with van der Waals surface area (Å²) in [7, 11) is 1.09. The molecule has 23 heavy (non-hydrogen) atoms. The van der Waals surface area contributed by atoms with Crippen molar-refractivity contribution in [1.29, 1.82) is 5.26 Å². The Hall–Kier alpha value is -2.56. The number of nitrogens with one attached hydrogen (secondary N) is 1. The van der Waals surface area contributed by atoms with Crippen molar-refractivity contribution in [1.82, 2.24) is 5.32 Å². The van der Waals surface area contributed by atoms with Gasteiger partial charge in [0.25, 0.3) is 5.91 Å². The number of ether oxygens (including phenoxy) is 1. The summed E-state index contributed by atoms with van der Waals surface area (Å²) in [6.07, 6.45) is -4.77. The Kier molecular flexibility index (Phi) is 6.13. The van der Waals surface area contributed by atoms with Gasteiger partial charge in [-0.05, 0) is 12.1 Å². The van der Waals surface area contributed by atoms with Gasteiger partial charge in [-0.15, -0.1) is 0 Å². The molecule has 0 fully saturated rings. The molecule has 1 rings (SSSR count). The first kappa shape index (κ1) is 18.5. The van der Waals surface area contributed by atoms with Gasteiger partial charge in [0.2, 0.25) is 0 Å². The maximum atomic E-state index is 12.9. The van der Waals surface area contributed by atoms with Crippen LogP contribution in [-0.2, 0) is 15.7 Å². The lowest BCUT2D eigenvalue weighted by Crippen LogP contribution is -2.46. The van der Waals surface area contributed by atoms with Crippen molar-refractivity contribution in [2.24, 2.45) is 5.92 Å². The number of benzene rings is 1. The normalized spacial score (nSPS) is 13.6. The van der Waals surface area contributed by atoms with Crippen LogP contribution in [0, 0.1) is 17.2 Å². The lowest BCUT2D eigenvalue weighted by atomic mass is 9.98. The highest BCUT2D eigenvalue weighted by Crippen LogP contribution is 2.31. The first-order valence-corrected chi connectivity index (χ1v) is 6.64. The lowest BCUT2D eigenvalue weighted by molar-refractivity contribution is -0.144. The summed E-state index contributed by atoms with van der Waals surface area (Å²) in [5, 5.41) is 10.9. The van der Waals surface area contributed by atoms with E-state index in [0.717, 1.165) is 25.3 Å². The van der Waals surface area contributed by atoms with E-state index in [9.17, 15) is 22.8 Å². The molecule has 0 aliphatic heterocycles. The van der Waals surface area contributed by atoms with Gasteiger partial charge in [-0.1, -0.05) is 19.1 Å². The topological polar surface area (TPSA) is 79.2 Å². The molecule has 0 bridgehead atoms. The first-order valence-electron chi connectivity index (χ1n) is 6.64. The Morgan fingerprint density at radius 1 is 1.35 bits per heavy atom. The molecule has 0 aromatic heterocycles. The molecule has 0 heterocycles. The zero-order valence-electron chi connectivity index (χ0n) is 12.5. The number of halogens is 3. The van der Waals surface area contributed by atoms with Crippen LogP contribution >= 0.6 is 0 Å². The fourth-order valence-electron chi connectivity index (χ4n) is 1.97. The Morgan fingerprint density at radius 3 is 2.48 bits per heavy atom. The van der Waals surface area contributed by atoms with E-state index in [2.05, 4.69) is 10.1 Å². The van der Waals surface area contributed by atoms with Crippen LogP contribution in [0.4, 0.5) is 13.2 Å². The van der Waals surface area contributed by atoms with Crippen molar-refractivity contribution in [2.45, 2.75) is 25.6 Å². The van der Waals surface area contributed by atoms with Gasteiger partial charge in [0.15, 0.2) is 0 Å². The van der Waals surface area contributed by atoms with E-state index in [4.69, 9.17) is 5.26 Å². The fourth-order valence-corrected chi connectivity index (χ4v) is 1.97. The Morgan fingerprint density at radius 2 is 1.96 bits per heavy atom. The lowest BCUT2D eigenvalue weighted by Gasteiger charge is -2.22. The summed E-state index contributed by atoms with van der Waals surface area (Å²) in [5.74, 6) is -2.50. The Bertz CT molecular complexity index is 623. The molecular formula is C15H15F3N2O3. The highest BCUT2D eigenvalue weighted by molar-refractivity contribution is 5.98. The third-order valence-electron chi connectivity index (χ3n) is 3.20. The SMILES string of the molecule is COC(=O)[C@H](NC(=O)c1ccccc1C(F)(F)F)[C@H](C)CC#N. The van der Waals surface area contributed by atoms with Gasteiger partial charge in [0.05, 0.1) is 24.3 Å². The maximum Gasteiger partial charge on any atom is 0.417 e. The number of nitriles is 1. The van der Waals surface area contributed by atoms with Crippen molar-refractivity contribution >= 4 is 11.9 Å². The van der Waals surface area contributed by atoms with E-state index in [1.165, 1.54) is 13.0 Å². The molecule has 1 aromatic rings. The zero-order valence-corrected chi connectivity index (χ0v) is 12.5. The summed E-state index contributed by atoms with van der Waals surface area (Å²) in [6, 6.07) is 4.87. The molecule has 0 aliphatic carbocycles. The largest absolute Gasteiger partial charge is 0.467 e. The molecule has 0 radical (unpaired) electrons. The van der Waals surface area contributed by atoms with E-state index in [0.29, 0.717) is 0 Å². The molecule has 8 heteroatoms. The molecule has 5 nitrogen and oxygen atoms in total. The van der Waals surface area contributed by atoms with E-state index in [-0.39, 0.29) is 6.42 Å². The molecule has 0 spiro atoms. The number of nitrogens with zero attached hydrogens (tertiary/aromatic N) is 1. The molecule has 0 saturated heterocycles. The predicted molar refractivity (Wildman–Crippen MR) is 74.1 cm³/mol. The number of alkyl halides is 3. The number of rotatable bonds is 5. The van der Waals surface area contributed by atoms with Crippen molar-refractivity contribution in [3.63, 3.8) is 0 Å². The van der Waals surface area contributed by atoms with Crippen LogP contribution in [-0.4, -0.2) is 25.0 Å². The predicted octanol–water partition coefficient (Wildman–Crippen LogP) is 2.53. The maximum absolute atomic E-state index is 12.9. The molecule has 0 unspecified atom stereocenters. The molecule has 2 atom stereocenters. The summed E-state index contributed by atoms with van der Waals surface area (Å²) < 4.78 is 43.3. The van der Waals surface area contributed by atoms with E-state index in [1.54, 1.807) is 0 Å². The number of esters is 1. The Balaban J connectivity index is 3.10. The Labute approximate surface area is 131 Å². The second kappa shape index (κ2) is 7.63. The minimum Gasteiger partial charge on any atom is -0.467 e. The standard InChI is InChI=1S/C15H15F3N2O3/c1-9(7-8-19)12(14(22)23-2)20-13(21)10-5-3-4-6-11(10)15(16,17)18/h3-6,9,12H,7H2,1-2H3,(H,20,21)/t9-,12-/m1/s1. The van der Waals surface area contributed by atoms with Crippen LogP contribution in [0.2, 0.25) is 0 Å². The number of amides is 1. The second-order valence-corrected chi connectivity index (χ2v) is 4.86. The van der Waals surface area contributed by atoms with Gasteiger partial charge in [-0.25, -0.2) is 4.79 Å². The first-order chi connectivity index (χ1) is 10.7. The van der Waals surface area contributed by atoms with Crippen molar-refractivity contribution < 1.29 is 27.5 Å². The smallest absolute Gasteiger partial charge is 0.417 e. The minimum atomic E-state index is -4.70. The summed E-state index contributed by atoms with van der Waals surface area (Å²) in [5.41, 5.74) is -1.70. The third-order valence-corrected chi connectivity index (χ3v) is 3.20. The number of hydrogen-bond acceptors (Lipinski definition) is 4. The van der Waals surface area contributed by atoms with E-state index < -0.39 is 41.1 Å². The van der Waals surface area contributed by atoms with Gasteiger partial charge < -0.3 is 10.1 Å².